The van der Waals surface area contributed by atoms with Crippen LogP contribution in [-0.4, -0.2) is 4.98 Å². The lowest BCUT2D eigenvalue weighted by atomic mass is 9.82. The molecule has 0 unspecified atom stereocenters. The highest BCUT2D eigenvalue weighted by molar-refractivity contribution is 7.22. The van der Waals surface area contributed by atoms with Gasteiger partial charge in [-0.15, -0.1) is 11.3 Å². The molecule has 0 bridgehead atoms. The summed E-state index contributed by atoms with van der Waals surface area (Å²) >= 11 is 1.76. The van der Waals surface area contributed by atoms with Crippen molar-refractivity contribution in [3.05, 3.63) is 90.6 Å². The monoisotopic (exact) mass is 433 g/mol. The van der Waals surface area contributed by atoms with E-state index < -0.39 is 0 Å². The standard InChI is InChI=1S/C29H23NOS/c1-29(2,3)23-15-21(14-18-8-4-6-10-22(18)23)27-28-20(12-13-30-27)16-24(31-28)26-17-19-9-5-7-11-25(19)32-26/h4-17H,1-3H3. The number of thiophene rings is 1. The summed E-state index contributed by atoms with van der Waals surface area (Å²) in [5.74, 6) is 0.896. The first-order valence-electron chi connectivity index (χ1n) is 10.9. The molecule has 6 aromatic rings. The fraction of sp³-hybridized carbons (Fsp3) is 0.138. The quantitative estimate of drug-likeness (QED) is 0.273. The zero-order chi connectivity index (χ0) is 21.9. The van der Waals surface area contributed by atoms with Gasteiger partial charge in [-0.05, 0) is 63.5 Å². The van der Waals surface area contributed by atoms with Gasteiger partial charge in [-0.1, -0.05) is 63.2 Å². The molecule has 0 aliphatic heterocycles. The largest absolute Gasteiger partial charge is 0.453 e. The molecule has 0 saturated carbocycles. The number of hydrogen-bond donors (Lipinski definition) is 0. The van der Waals surface area contributed by atoms with Crippen LogP contribution in [0.15, 0.2) is 89.5 Å². The summed E-state index contributed by atoms with van der Waals surface area (Å²) < 4.78 is 7.72. The Morgan fingerprint density at radius 2 is 1.56 bits per heavy atom. The highest BCUT2D eigenvalue weighted by atomic mass is 32.1. The Morgan fingerprint density at radius 1 is 0.781 bits per heavy atom. The van der Waals surface area contributed by atoms with Crippen LogP contribution in [0.2, 0.25) is 0 Å². The third-order valence-corrected chi connectivity index (χ3v) is 7.18. The topological polar surface area (TPSA) is 26.0 Å². The maximum atomic E-state index is 6.45. The molecule has 0 fully saturated rings. The zero-order valence-corrected chi connectivity index (χ0v) is 19.2. The Morgan fingerprint density at radius 3 is 2.38 bits per heavy atom. The van der Waals surface area contributed by atoms with Gasteiger partial charge in [0.25, 0.3) is 0 Å². The van der Waals surface area contributed by atoms with Crippen LogP contribution in [0, 0.1) is 0 Å². The number of fused-ring (bicyclic) bond motifs is 3. The normalized spacial score (nSPS) is 12.2. The molecule has 3 aromatic carbocycles. The van der Waals surface area contributed by atoms with Crippen molar-refractivity contribution in [3.63, 3.8) is 0 Å². The number of rotatable bonds is 2. The molecule has 0 N–H and O–H groups in total. The first-order chi connectivity index (χ1) is 15.5. The molecular formula is C29H23NOS. The molecule has 2 nitrogen and oxygen atoms in total. The van der Waals surface area contributed by atoms with Crippen molar-refractivity contribution < 1.29 is 4.42 Å². The molecule has 0 aliphatic rings. The molecule has 0 saturated heterocycles. The van der Waals surface area contributed by atoms with Crippen LogP contribution in [0.5, 0.6) is 0 Å². The smallest absolute Gasteiger partial charge is 0.161 e. The molecule has 0 atom stereocenters. The van der Waals surface area contributed by atoms with Crippen LogP contribution >= 0.6 is 11.3 Å². The average Bonchev–Trinajstić information content (AvgIpc) is 3.41. The van der Waals surface area contributed by atoms with E-state index in [1.165, 1.54) is 26.4 Å². The summed E-state index contributed by atoms with van der Waals surface area (Å²) in [6.45, 7) is 6.79. The third kappa shape index (κ3) is 3.12. The van der Waals surface area contributed by atoms with Gasteiger partial charge < -0.3 is 4.42 Å². The number of nitrogens with zero attached hydrogens (tertiary/aromatic N) is 1. The van der Waals surface area contributed by atoms with Crippen molar-refractivity contribution in [3.8, 4) is 21.9 Å². The summed E-state index contributed by atoms with van der Waals surface area (Å²) in [5.41, 5.74) is 4.17. The Hall–Kier alpha value is -3.43. The van der Waals surface area contributed by atoms with Crippen molar-refractivity contribution >= 4 is 43.2 Å². The molecule has 3 aromatic heterocycles. The number of aromatic nitrogens is 1. The SMILES string of the molecule is CC(C)(C)c1cc(-c2nccc3cc(-c4cc5ccccc5s4)oc23)cc2ccccc12. The van der Waals surface area contributed by atoms with Gasteiger partial charge >= 0.3 is 0 Å². The maximum absolute atomic E-state index is 6.45. The minimum atomic E-state index is 0.0227. The summed E-state index contributed by atoms with van der Waals surface area (Å²) in [4.78, 5) is 5.91. The van der Waals surface area contributed by atoms with E-state index >= 15 is 0 Å². The summed E-state index contributed by atoms with van der Waals surface area (Å²) in [6, 6.07) is 27.9. The molecule has 0 amide bonds. The van der Waals surface area contributed by atoms with Crippen LogP contribution in [-0.2, 0) is 5.41 Å². The predicted octanol–water partition coefficient (Wildman–Crippen LogP) is 8.83. The minimum Gasteiger partial charge on any atom is -0.453 e. The van der Waals surface area contributed by atoms with E-state index in [0.29, 0.717) is 0 Å². The highest BCUT2D eigenvalue weighted by Gasteiger charge is 2.20. The van der Waals surface area contributed by atoms with Gasteiger partial charge in [0.1, 0.15) is 11.5 Å². The van der Waals surface area contributed by atoms with Gasteiger partial charge in [0, 0.05) is 21.8 Å². The van der Waals surface area contributed by atoms with Crippen LogP contribution in [0.4, 0.5) is 0 Å². The van der Waals surface area contributed by atoms with Gasteiger partial charge in [0.2, 0.25) is 0 Å². The van der Waals surface area contributed by atoms with Crippen molar-refractivity contribution in [1.29, 1.82) is 0 Å². The molecule has 3 heterocycles. The second kappa shape index (κ2) is 7.04. The number of benzene rings is 3. The van der Waals surface area contributed by atoms with E-state index in [2.05, 4.69) is 93.6 Å². The van der Waals surface area contributed by atoms with Crippen LogP contribution in [0.25, 0.3) is 53.7 Å². The zero-order valence-electron chi connectivity index (χ0n) is 18.3. The summed E-state index contributed by atoms with van der Waals surface area (Å²) in [6.07, 6.45) is 1.88. The fourth-order valence-corrected chi connectivity index (χ4v) is 5.48. The van der Waals surface area contributed by atoms with Crippen LogP contribution in [0.1, 0.15) is 26.3 Å². The van der Waals surface area contributed by atoms with Gasteiger partial charge in [0.05, 0.1) is 4.88 Å². The summed E-state index contributed by atoms with van der Waals surface area (Å²) in [7, 11) is 0. The fourth-order valence-electron chi connectivity index (χ4n) is 4.46. The molecule has 32 heavy (non-hydrogen) atoms. The van der Waals surface area contributed by atoms with E-state index in [9.17, 15) is 0 Å². The lowest BCUT2D eigenvalue weighted by Gasteiger charge is -2.22. The van der Waals surface area contributed by atoms with Gasteiger partial charge in [-0.3, -0.25) is 4.98 Å². The van der Waals surface area contributed by atoms with E-state index in [4.69, 9.17) is 9.40 Å². The van der Waals surface area contributed by atoms with E-state index in [0.717, 1.165) is 32.9 Å². The first kappa shape index (κ1) is 19.3. The number of furan rings is 1. The first-order valence-corrected chi connectivity index (χ1v) is 11.7. The Balaban J connectivity index is 1.56. The Labute approximate surface area is 191 Å². The second-order valence-electron chi connectivity index (χ2n) is 9.33. The van der Waals surface area contributed by atoms with Gasteiger partial charge in [0.15, 0.2) is 5.58 Å². The Bertz CT molecular complexity index is 1580. The van der Waals surface area contributed by atoms with Crippen LogP contribution in [0.3, 0.4) is 0 Å². The van der Waals surface area contributed by atoms with Gasteiger partial charge in [-0.2, -0.15) is 0 Å². The lowest BCUT2D eigenvalue weighted by molar-refractivity contribution is 0.596. The third-order valence-electron chi connectivity index (χ3n) is 6.05. The molecule has 3 heteroatoms. The molecule has 0 spiro atoms. The predicted molar refractivity (Wildman–Crippen MR) is 136 cm³/mol. The van der Waals surface area contributed by atoms with Crippen molar-refractivity contribution in [1.82, 2.24) is 4.98 Å². The van der Waals surface area contributed by atoms with E-state index in [1.807, 2.05) is 12.3 Å². The molecular weight excluding hydrogens is 410 g/mol. The second-order valence-corrected chi connectivity index (χ2v) is 10.4. The number of hydrogen-bond acceptors (Lipinski definition) is 3. The molecule has 156 valence electrons. The average molecular weight is 434 g/mol. The van der Waals surface area contributed by atoms with E-state index in [1.54, 1.807) is 11.3 Å². The van der Waals surface area contributed by atoms with Crippen LogP contribution < -0.4 is 0 Å². The molecule has 6 rings (SSSR count). The van der Waals surface area contributed by atoms with Crippen molar-refractivity contribution in [2.75, 3.05) is 0 Å². The molecule has 0 aliphatic carbocycles. The minimum absolute atomic E-state index is 0.0227. The molecule has 0 radical (unpaired) electrons. The number of pyridine rings is 1. The highest BCUT2D eigenvalue weighted by Crippen LogP contribution is 2.40. The van der Waals surface area contributed by atoms with E-state index in [-0.39, 0.29) is 5.41 Å². The van der Waals surface area contributed by atoms with Gasteiger partial charge in [-0.25, -0.2) is 0 Å². The van der Waals surface area contributed by atoms with Crippen molar-refractivity contribution in [2.24, 2.45) is 0 Å². The maximum Gasteiger partial charge on any atom is 0.161 e. The lowest BCUT2D eigenvalue weighted by Crippen LogP contribution is -2.12. The summed E-state index contributed by atoms with van der Waals surface area (Å²) in [5, 5.41) is 4.84. The van der Waals surface area contributed by atoms with Crippen molar-refractivity contribution in [2.45, 2.75) is 26.2 Å². The Kier molecular flexibility index (Phi) is 4.24.